The second-order valence-corrected chi connectivity index (χ2v) is 6.16. The number of aromatic nitrogens is 1. The second kappa shape index (κ2) is 6.21. The van der Waals surface area contributed by atoms with Gasteiger partial charge in [-0.25, -0.2) is 14.6 Å². The zero-order chi connectivity index (χ0) is 16.3. The first-order valence-electron chi connectivity index (χ1n) is 7.16. The van der Waals surface area contributed by atoms with Crippen LogP contribution in [0.4, 0.5) is 10.6 Å². The Bertz CT molecular complexity index is 541. The number of carboxylic acids is 1. The maximum atomic E-state index is 12.1. The molecule has 7 heteroatoms. The van der Waals surface area contributed by atoms with Crippen LogP contribution in [0.2, 0.25) is 0 Å². The van der Waals surface area contributed by atoms with Crippen molar-refractivity contribution in [3.8, 4) is 0 Å². The SMILES string of the molecule is CC(C)(C)OC(=O)N1CCN(c2ccccn2)[C@@H](C(=O)O)C1. The molecule has 1 fully saturated rings. The summed E-state index contributed by atoms with van der Waals surface area (Å²) < 4.78 is 5.31. The van der Waals surface area contributed by atoms with Gasteiger partial charge in [-0.2, -0.15) is 0 Å². The number of piperazine rings is 1. The minimum absolute atomic E-state index is 0.0703. The number of nitrogens with zero attached hydrogens (tertiary/aromatic N) is 3. The molecule has 1 atom stereocenters. The van der Waals surface area contributed by atoms with Crippen LogP contribution in [0.25, 0.3) is 0 Å². The fourth-order valence-corrected chi connectivity index (χ4v) is 2.28. The van der Waals surface area contributed by atoms with E-state index in [0.717, 1.165) is 0 Å². The lowest BCUT2D eigenvalue weighted by atomic mass is 10.1. The largest absolute Gasteiger partial charge is 0.480 e. The monoisotopic (exact) mass is 307 g/mol. The standard InChI is InChI=1S/C15H21N3O4/c1-15(2,3)22-14(21)17-8-9-18(11(10-17)13(19)20)12-6-4-5-7-16-12/h4-7,11H,8-10H2,1-3H3,(H,19,20)/t11-/m1/s1. The summed E-state index contributed by atoms with van der Waals surface area (Å²) in [7, 11) is 0. The molecule has 0 aliphatic carbocycles. The van der Waals surface area contributed by atoms with Crippen molar-refractivity contribution in [2.24, 2.45) is 0 Å². The number of hydrogen-bond acceptors (Lipinski definition) is 5. The van der Waals surface area contributed by atoms with Gasteiger partial charge < -0.3 is 19.6 Å². The maximum Gasteiger partial charge on any atom is 0.410 e. The third-order valence-corrected chi connectivity index (χ3v) is 3.26. The molecule has 0 bridgehead atoms. The van der Waals surface area contributed by atoms with E-state index in [2.05, 4.69) is 4.98 Å². The number of carbonyl (C=O) groups is 2. The first kappa shape index (κ1) is 16.1. The Morgan fingerprint density at radius 2 is 2.05 bits per heavy atom. The first-order valence-corrected chi connectivity index (χ1v) is 7.16. The van der Waals surface area contributed by atoms with Crippen LogP contribution in [0.15, 0.2) is 24.4 Å². The molecule has 7 nitrogen and oxygen atoms in total. The van der Waals surface area contributed by atoms with E-state index in [1.54, 1.807) is 44.0 Å². The van der Waals surface area contributed by atoms with Gasteiger partial charge in [0.05, 0.1) is 6.54 Å². The van der Waals surface area contributed by atoms with Crippen molar-refractivity contribution in [3.63, 3.8) is 0 Å². The molecule has 120 valence electrons. The van der Waals surface area contributed by atoms with E-state index >= 15 is 0 Å². The molecule has 1 saturated heterocycles. The zero-order valence-corrected chi connectivity index (χ0v) is 13.0. The van der Waals surface area contributed by atoms with Crippen LogP contribution in [-0.2, 0) is 9.53 Å². The number of ether oxygens (including phenoxy) is 1. The van der Waals surface area contributed by atoms with Gasteiger partial charge in [0.15, 0.2) is 0 Å². The van der Waals surface area contributed by atoms with E-state index in [9.17, 15) is 14.7 Å². The molecule has 1 aromatic heterocycles. The Balaban J connectivity index is 2.12. The molecule has 2 heterocycles. The van der Waals surface area contributed by atoms with Crippen molar-refractivity contribution in [1.29, 1.82) is 0 Å². The van der Waals surface area contributed by atoms with Crippen molar-refractivity contribution in [2.45, 2.75) is 32.4 Å². The average molecular weight is 307 g/mol. The maximum absolute atomic E-state index is 12.1. The average Bonchev–Trinajstić information content (AvgIpc) is 2.45. The van der Waals surface area contributed by atoms with E-state index in [1.165, 1.54) is 4.90 Å². The van der Waals surface area contributed by atoms with Gasteiger partial charge in [-0.15, -0.1) is 0 Å². The predicted molar refractivity (Wildman–Crippen MR) is 80.8 cm³/mol. The molecule has 22 heavy (non-hydrogen) atoms. The molecular weight excluding hydrogens is 286 g/mol. The van der Waals surface area contributed by atoms with Crippen molar-refractivity contribution in [1.82, 2.24) is 9.88 Å². The molecule has 1 aromatic rings. The van der Waals surface area contributed by atoms with Crippen LogP contribution in [0.1, 0.15) is 20.8 Å². The van der Waals surface area contributed by atoms with E-state index in [0.29, 0.717) is 18.9 Å². The molecule has 0 radical (unpaired) electrons. The predicted octanol–water partition coefficient (Wildman–Crippen LogP) is 1.59. The van der Waals surface area contributed by atoms with E-state index in [-0.39, 0.29) is 6.54 Å². The van der Waals surface area contributed by atoms with E-state index in [4.69, 9.17) is 4.74 Å². The summed E-state index contributed by atoms with van der Waals surface area (Å²) >= 11 is 0. The van der Waals surface area contributed by atoms with Crippen molar-refractivity contribution < 1.29 is 19.4 Å². The lowest BCUT2D eigenvalue weighted by Gasteiger charge is -2.40. The highest BCUT2D eigenvalue weighted by Crippen LogP contribution is 2.20. The van der Waals surface area contributed by atoms with Gasteiger partial charge in [0, 0.05) is 19.3 Å². The molecule has 0 unspecified atom stereocenters. The van der Waals surface area contributed by atoms with Crippen LogP contribution in [-0.4, -0.2) is 58.3 Å². The third kappa shape index (κ3) is 3.87. The topological polar surface area (TPSA) is 83.0 Å². The molecule has 1 N–H and O–H groups in total. The van der Waals surface area contributed by atoms with Crippen LogP contribution in [0.5, 0.6) is 0 Å². The highest BCUT2D eigenvalue weighted by Gasteiger charge is 2.36. The molecule has 1 amide bonds. The first-order chi connectivity index (χ1) is 10.3. The normalized spacial score (nSPS) is 19.0. The van der Waals surface area contributed by atoms with Gasteiger partial charge in [0.2, 0.25) is 0 Å². The third-order valence-electron chi connectivity index (χ3n) is 3.26. The van der Waals surface area contributed by atoms with Crippen LogP contribution < -0.4 is 4.90 Å². The quantitative estimate of drug-likeness (QED) is 0.893. The number of rotatable bonds is 2. The zero-order valence-electron chi connectivity index (χ0n) is 13.0. The summed E-state index contributed by atoms with van der Waals surface area (Å²) in [5, 5.41) is 9.45. The van der Waals surface area contributed by atoms with E-state index < -0.39 is 23.7 Å². The fourth-order valence-electron chi connectivity index (χ4n) is 2.28. The van der Waals surface area contributed by atoms with Crippen molar-refractivity contribution in [2.75, 3.05) is 24.5 Å². The number of pyridine rings is 1. The van der Waals surface area contributed by atoms with Gasteiger partial charge in [-0.1, -0.05) is 6.07 Å². The Morgan fingerprint density at radius 3 is 2.59 bits per heavy atom. The highest BCUT2D eigenvalue weighted by atomic mass is 16.6. The molecular formula is C15H21N3O4. The molecule has 0 saturated carbocycles. The molecule has 1 aliphatic rings. The summed E-state index contributed by atoms with van der Waals surface area (Å²) in [4.78, 5) is 31.0. The number of carboxylic acid groups (broad SMARTS) is 1. The molecule has 0 aromatic carbocycles. The molecule has 0 spiro atoms. The van der Waals surface area contributed by atoms with Gasteiger partial charge >= 0.3 is 12.1 Å². The summed E-state index contributed by atoms with van der Waals surface area (Å²) in [6.45, 7) is 6.21. The molecule has 2 rings (SSSR count). The number of anilines is 1. The van der Waals surface area contributed by atoms with Gasteiger partial charge in [0.25, 0.3) is 0 Å². The Labute approximate surface area is 129 Å². The highest BCUT2D eigenvalue weighted by molar-refractivity contribution is 5.80. The smallest absolute Gasteiger partial charge is 0.410 e. The summed E-state index contributed by atoms with van der Waals surface area (Å²) in [5.41, 5.74) is -0.603. The summed E-state index contributed by atoms with van der Waals surface area (Å²) in [5.74, 6) is -0.391. The minimum atomic E-state index is -0.987. The summed E-state index contributed by atoms with van der Waals surface area (Å²) in [6, 6.07) is 4.51. The Morgan fingerprint density at radius 1 is 1.32 bits per heavy atom. The summed E-state index contributed by atoms with van der Waals surface area (Å²) in [6.07, 6.45) is 1.13. The minimum Gasteiger partial charge on any atom is -0.480 e. The van der Waals surface area contributed by atoms with Gasteiger partial charge in [0.1, 0.15) is 17.5 Å². The van der Waals surface area contributed by atoms with Crippen LogP contribution >= 0.6 is 0 Å². The number of aliphatic carboxylic acids is 1. The molecule has 1 aliphatic heterocycles. The van der Waals surface area contributed by atoms with Gasteiger partial charge in [-0.3, -0.25) is 0 Å². The number of amides is 1. The van der Waals surface area contributed by atoms with Crippen LogP contribution in [0, 0.1) is 0 Å². The fraction of sp³-hybridized carbons (Fsp3) is 0.533. The van der Waals surface area contributed by atoms with Crippen molar-refractivity contribution >= 4 is 17.9 Å². The van der Waals surface area contributed by atoms with E-state index in [1.807, 2.05) is 6.07 Å². The lowest BCUT2D eigenvalue weighted by molar-refractivity contribution is -0.139. The Kier molecular flexibility index (Phi) is 4.54. The van der Waals surface area contributed by atoms with Crippen molar-refractivity contribution in [3.05, 3.63) is 24.4 Å². The number of hydrogen-bond donors (Lipinski definition) is 1. The number of carbonyl (C=O) groups excluding carboxylic acids is 1. The Hall–Kier alpha value is -2.31. The second-order valence-electron chi connectivity index (χ2n) is 6.16. The lowest BCUT2D eigenvalue weighted by Crippen LogP contribution is -2.58. The van der Waals surface area contributed by atoms with Crippen LogP contribution in [0.3, 0.4) is 0 Å². The van der Waals surface area contributed by atoms with Gasteiger partial charge in [-0.05, 0) is 32.9 Å².